The summed E-state index contributed by atoms with van der Waals surface area (Å²) in [6.07, 6.45) is 0. The van der Waals surface area contributed by atoms with Gasteiger partial charge in [0.15, 0.2) is 5.52 Å². The van der Waals surface area contributed by atoms with Gasteiger partial charge < -0.3 is 10.1 Å². The Bertz CT molecular complexity index is 1260. The fourth-order valence-corrected chi connectivity index (χ4v) is 3.29. The second-order valence-electron chi connectivity index (χ2n) is 6.84. The molecular weight excluding hydrogens is 409 g/mol. The molecule has 10 nitrogen and oxygen atoms in total. The van der Waals surface area contributed by atoms with Crippen LogP contribution in [0.2, 0.25) is 0 Å². The molecule has 11 heteroatoms. The van der Waals surface area contributed by atoms with Crippen molar-refractivity contribution < 1.29 is 18.7 Å². The molecule has 0 aliphatic rings. The van der Waals surface area contributed by atoms with Crippen molar-refractivity contribution in [2.24, 2.45) is 0 Å². The van der Waals surface area contributed by atoms with Gasteiger partial charge in [-0.25, -0.2) is 9.18 Å². The van der Waals surface area contributed by atoms with E-state index < -0.39 is 35.5 Å². The Hall–Kier alpha value is -3.76. The topological polar surface area (TPSA) is 117 Å². The highest BCUT2D eigenvalue weighted by atomic mass is 19.1. The molecule has 164 valence electrons. The predicted molar refractivity (Wildman–Crippen MR) is 109 cm³/mol. The number of aromatic nitrogens is 4. The van der Waals surface area contributed by atoms with E-state index in [1.54, 1.807) is 13.8 Å². The lowest BCUT2D eigenvalue weighted by atomic mass is 10.2. The van der Waals surface area contributed by atoms with E-state index in [2.05, 4.69) is 15.2 Å². The van der Waals surface area contributed by atoms with Gasteiger partial charge in [-0.15, -0.1) is 0 Å². The van der Waals surface area contributed by atoms with E-state index in [1.165, 1.54) is 36.1 Å². The van der Waals surface area contributed by atoms with Gasteiger partial charge in [-0.3, -0.25) is 28.2 Å². The summed E-state index contributed by atoms with van der Waals surface area (Å²) in [6.45, 7) is 2.94. The minimum atomic E-state index is -0.714. The largest absolute Gasteiger partial charge is 0.468 e. The molecular formula is C20H22FN5O5. The number of hydrogen-bond donors (Lipinski definition) is 1. The van der Waals surface area contributed by atoms with E-state index in [0.29, 0.717) is 17.8 Å². The number of carbonyl (C=O) groups is 2. The number of aryl methyl sites for hydroxylation is 2. The van der Waals surface area contributed by atoms with Crippen LogP contribution in [0.5, 0.6) is 0 Å². The van der Waals surface area contributed by atoms with E-state index in [-0.39, 0.29) is 24.1 Å². The van der Waals surface area contributed by atoms with Crippen molar-refractivity contribution in [3.8, 4) is 0 Å². The lowest BCUT2D eigenvalue weighted by Crippen LogP contribution is -2.43. The number of methoxy groups -OCH3 is 1. The van der Waals surface area contributed by atoms with E-state index in [1.807, 2.05) is 0 Å². The van der Waals surface area contributed by atoms with Gasteiger partial charge in [-0.05, 0) is 31.5 Å². The normalized spacial score (nSPS) is 11.0. The molecule has 1 aromatic carbocycles. The molecule has 0 radical (unpaired) electrons. The number of nitrogens with one attached hydrogen (secondary N) is 1. The van der Waals surface area contributed by atoms with Crippen LogP contribution in [-0.2, 0) is 34.0 Å². The third-order valence-electron chi connectivity index (χ3n) is 4.79. The first-order valence-electron chi connectivity index (χ1n) is 9.55. The van der Waals surface area contributed by atoms with E-state index in [9.17, 15) is 23.6 Å². The Morgan fingerprint density at radius 1 is 1.13 bits per heavy atom. The lowest BCUT2D eigenvalue weighted by molar-refractivity contribution is -0.141. The van der Waals surface area contributed by atoms with Crippen LogP contribution in [0.25, 0.3) is 11.0 Å². The number of carbonyl (C=O) groups excluding carboxylic acids is 2. The maximum absolute atomic E-state index is 13.2. The molecule has 0 saturated carbocycles. The quantitative estimate of drug-likeness (QED) is 0.533. The molecule has 0 fully saturated rings. The molecule has 1 amide bonds. The van der Waals surface area contributed by atoms with Crippen molar-refractivity contribution in [2.45, 2.75) is 33.5 Å². The number of halogens is 1. The van der Waals surface area contributed by atoms with Crippen LogP contribution in [-0.4, -0.2) is 44.4 Å². The van der Waals surface area contributed by atoms with Crippen molar-refractivity contribution in [3.63, 3.8) is 0 Å². The van der Waals surface area contributed by atoms with Gasteiger partial charge in [0.05, 0.1) is 19.3 Å². The zero-order chi connectivity index (χ0) is 22.7. The Morgan fingerprint density at radius 2 is 1.81 bits per heavy atom. The maximum Gasteiger partial charge on any atom is 0.332 e. The summed E-state index contributed by atoms with van der Waals surface area (Å²) in [5.74, 6) is -1.68. The maximum atomic E-state index is 13.2. The molecule has 0 atom stereocenters. The summed E-state index contributed by atoms with van der Waals surface area (Å²) in [7, 11) is 1.19. The van der Waals surface area contributed by atoms with Crippen LogP contribution in [0.15, 0.2) is 33.9 Å². The molecule has 0 bridgehead atoms. The van der Waals surface area contributed by atoms with E-state index in [4.69, 9.17) is 0 Å². The Balaban J connectivity index is 2.13. The van der Waals surface area contributed by atoms with Gasteiger partial charge in [-0.1, -0.05) is 12.1 Å². The molecule has 0 aliphatic heterocycles. The van der Waals surface area contributed by atoms with Crippen LogP contribution in [0.4, 0.5) is 4.39 Å². The fraction of sp³-hybridized carbons (Fsp3) is 0.350. The zero-order valence-electron chi connectivity index (χ0n) is 17.3. The highest BCUT2D eigenvalue weighted by Gasteiger charge is 2.22. The summed E-state index contributed by atoms with van der Waals surface area (Å²) < 4.78 is 21.3. The molecule has 3 aromatic rings. The van der Waals surface area contributed by atoms with Gasteiger partial charge in [-0.2, -0.15) is 5.10 Å². The number of benzene rings is 1. The summed E-state index contributed by atoms with van der Waals surface area (Å²) in [5, 5.41) is 6.69. The van der Waals surface area contributed by atoms with Crippen molar-refractivity contribution in [3.05, 3.63) is 62.2 Å². The molecule has 2 aromatic heterocycles. The van der Waals surface area contributed by atoms with Crippen molar-refractivity contribution in [2.75, 3.05) is 13.7 Å². The first-order valence-corrected chi connectivity index (χ1v) is 9.55. The average Bonchev–Trinajstić information content (AvgIpc) is 3.10. The number of amides is 1. The van der Waals surface area contributed by atoms with Crippen LogP contribution >= 0.6 is 0 Å². The molecule has 0 aliphatic carbocycles. The predicted octanol–water partition coefficient (Wildman–Crippen LogP) is 0.165. The molecule has 0 unspecified atom stereocenters. The van der Waals surface area contributed by atoms with Gasteiger partial charge in [0.1, 0.15) is 24.4 Å². The highest BCUT2D eigenvalue weighted by Crippen LogP contribution is 2.14. The third kappa shape index (κ3) is 4.39. The van der Waals surface area contributed by atoms with Gasteiger partial charge >= 0.3 is 11.7 Å². The SMILES string of the molecule is CCn1nc(C)c2c1c(=O)n(Cc1ccc(F)cc1)c(=O)n2CC(=O)NCC(=O)OC. The number of esters is 1. The van der Waals surface area contributed by atoms with Gasteiger partial charge in [0.25, 0.3) is 5.56 Å². The summed E-state index contributed by atoms with van der Waals surface area (Å²) in [4.78, 5) is 50.0. The minimum Gasteiger partial charge on any atom is -0.468 e. The van der Waals surface area contributed by atoms with Gasteiger partial charge in [0, 0.05) is 6.54 Å². The number of ether oxygens (including phenoxy) is 1. The standard InChI is InChI=1S/C20H22FN5O5/c1-4-26-18-17(12(2)23-26)24(11-15(27)22-9-16(28)31-3)20(30)25(19(18)29)10-13-5-7-14(21)8-6-13/h5-8H,4,9-11H2,1-3H3,(H,22,27). The monoisotopic (exact) mass is 431 g/mol. The number of nitrogens with zero attached hydrogens (tertiary/aromatic N) is 4. The van der Waals surface area contributed by atoms with Crippen molar-refractivity contribution >= 4 is 22.9 Å². The van der Waals surface area contributed by atoms with Crippen LogP contribution in [0, 0.1) is 12.7 Å². The Labute approximate surface area is 175 Å². The lowest BCUT2D eigenvalue weighted by Gasteiger charge is -2.13. The zero-order valence-corrected chi connectivity index (χ0v) is 17.3. The minimum absolute atomic E-state index is 0.106. The number of rotatable bonds is 7. The van der Waals surface area contributed by atoms with Crippen LogP contribution < -0.4 is 16.6 Å². The Morgan fingerprint density at radius 3 is 2.42 bits per heavy atom. The molecule has 3 rings (SSSR count). The first-order chi connectivity index (χ1) is 14.8. The highest BCUT2D eigenvalue weighted by molar-refractivity contribution is 5.84. The second kappa shape index (κ2) is 8.94. The van der Waals surface area contributed by atoms with E-state index in [0.717, 1.165) is 9.13 Å². The van der Waals surface area contributed by atoms with E-state index >= 15 is 0 Å². The summed E-state index contributed by atoms with van der Waals surface area (Å²) >= 11 is 0. The average molecular weight is 431 g/mol. The Kier molecular flexibility index (Phi) is 6.33. The molecule has 31 heavy (non-hydrogen) atoms. The third-order valence-corrected chi connectivity index (χ3v) is 4.79. The molecule has 1 N–H and O–H groups in total. The second-order valence-corrected chi connectivity index (χ2v) is 6.84. The molecule has 0 spiro atoms. The summed E-state index contributed by atoms with van der Waals surface area (Å²) in [5.41, 5.74) is 0.122. The number of hydrogen-bond acceptors (Lipinski definition) is 6. The summed E-state index contributed by atoms with van der Waals surface area (Å²) in [6, 6.07) is 5.42. The fourth-order valence-electron chi connectivity index (χ4n) is 3.29. The van der Waals surface area contributed by atoms with Crippen LogP contribution in [0.1, 0.15) is 18.2 Å². The number of fused-ring (bicyclic) bond motifs is 1. The molecule has 2 heterocycles. The van der Waals surface area contributed by atoms with Crippen molar-refractivity contribution in [1.82, 2.24) is 24.2 Å². The van der Waals surface area contributed by atoms with Gasteiger partial charge in [0.2, 0.25) is 5.91 Å². The van der Waals surface area contributed by atoms with Crippen LogP contribution in [0.3, 0.4) is 0 Å². The smallest absolute Gasteiger partial charge is 0.332 e. The molecule has 0 saturated heterocycles. The van der Waals surface area contributed by atoms with Crippen molar-refractivity contribution in [1.29, 1.82) is 0 Å². The first kappa shape index (κ1) is 21.9.